The number of rotatable bonds is 5. The number of para-hydroxylation sites is 1. The lowest BCUT2D eigenvalue weighted by Crippen LogP contribution is -2.26. The summed E-state index contributed by atoms with van der Waals surface area (Å²) < 4.78 is 0. The van der Waals surface area contributed by atoms with Crippen LogP contribution in [0.1, 0.15) is 37.4 Å². The summed E-state index contributed by atoms with van der Waals surface area (Å²) in [6.45, 7) is 2.03. The second-order valence-corrected chi connectivity index (χ2v) is 16.5. The van der Waals surface area contributed by atoms with Crippen LogP contribution in [0.15, 0.2) is 149 Å². The van der Waals surface area contributed by atoms with Crippen LogP contribution in [0, 0.1) is 17.0 Å². The third-order valence-corrected chi connectivity index (χ3v) is 13.6. The molecule has 4 aromatic rings. The lowest BCUT2D eigenvalue weighted by Gasteiger charge is -2.31. The fourth-order valence-corrected chi connectivity index (χ4v) is 11.1. The molecule has 3 aliphatic carbocycles. The number of nitrogens with zero attached hydrogens (tertiary/aromatic N) is 3. The van der Waals surface area contributed by atoms with Gasteiger partial charge in [0.25, 0.3) is 5.69 Å². The number of hydrogen-bond acceptors (Lipinski definition) is 10. The van der Waals surface area contributed by atoms with Gasteiger partial charge in [0, 0.05) is 30.5 Å². The molecule has 11 heteroatoms. The van der Waals surface area contributed by atoms with Crippen LogP contribution in [0.2, 0.25) is 0 Å². The van der Waals surface area contributed by atoms with Gasteiger partial charge < -0.3 is 0 Å². The van der Waals surface area contributed by atoms with E-state index in [4.69, 9.17) is 9.98 Å². The van der Waals surface area contributed by atoms with E-state index in [-0.39, 0.29) is 44.4 Å². The van der Waals surface area contributed by atoms with Gasteiger partial charge in [0.05, 0.1) is 65.4 Å². The Kier molecular flexibility index (Phi) is 7.69. The first kappa shape index (κ1) is 31.3. The first-order chi connectivity index (χ1) is 24.4. The molecule has 0 aromatic heterocycles. The topological polar surface area (TPSA) is 102 Å². The van der Waals surface area contributed by atoms with Crippen molar-refractivity contribution in [3.63, 3.8) is 0 Å². The summed E-state index contributed by atoms with van der Waals surface area (Å²) in [5, 5.41) is 12.0. The van der Waals surface area contributed by atoms with Crippen LogP contribution >= 0.6 is 47.0 Å². The van der Waals surface area contributed by atoms with Crippen molar-refractivity contribution in [2.45, 2.75) is 46.8 Å². The Morgan fingerprint density at radius 1 is 0.660 bits per heavy atom. The molecule has 2 unspecified atom stereocenters. The number of nitro groups is 1. The van der Waals surface area contributed by atoms with Crippen LogP contribution in [-0.4, -0.2) is 38.4 Å². The van der Waals surface area contributed by atoms with Crippen molar-refractivity contribution in [1.29, 1.82) is 0 Å². The smallest absolute Gasteiger partial charge is 0.283 e. The summed E-state index contributed by atoms with van der Waals surface area (Å²) in [6.07, 6.45) is 15.8. The quantitative estimate of drug-likeness (QED) is 0.130. The fraction of sp³-hybridized carbons (Fsp3) is 0.0769. The minimum absolute atomic E-state index is 0.0151. The van der Waals surface area contributed by atoms with Crippen LogP contribution in [-0.2, 0) is 0 Å². The number of aliphatic imine (C=N–C) groups is 2. The molecule has 9 rings (SSSR count). The number of benzene rings is 4. The number of fused-ring (bicyclic) bond motifs is 8. The maximum atomic E-state index is 15.3. The van der Waals surface area contributed by atoms with Gasteiger partial charge >= 0.3 is 0 Å². The van der Waals surface area contributed by atoms with Crippen molar-refractivity contribution in [2.24, 2.45) is 9.98 Å². The standard InChI is InChI=1S/C39H23N3O4S4/c1-20-10-2-6-14-24(20)47-28-18-30-36(40-21-11-3-7-15-25(21)48-30)34-32(28)38(43)35-33(39(34)44)29(50-27-17-9-5-13-23(27)42(45)46)19-31-37(35)41-22-12-4-8-16-26(22)49-31/h2-19,25-26H,1H3. The Morgan fingerprint density at radius 3 is 1.70 bits per heavy atom. The lowest BCUT2D eigenvalue weighted by molar-refractivity contribution is -0.387. The lowest BCUT2D eigenvalue weighted by atomic mass is 9.82. The number of hydrogen-bond donors (Lipinski definition) is 0. The molecule has 7 nitrogen and oxygen atoms in total. The number of carbonyl (C=O) groups is 2. The van der Waals surface area contributed by atoms with Gasteiger partial charge in [-0.05, 0) is 48.9 Å². The molecular formula is C39H23N3O4S4. The highest BCUT2D eigenvalue weighted by molar-refractivity contribution is 8.02. The zero-order valence-corrected chi connectivity index (χ0v) is 29.4. The van der Waals surface area contributed by atoms with E-state index in [2.05, 4.69) is 6.08 Å². The third-order valence-electron chi connectivity index (χ3n) is 8.86. The van der Waals surface area contributed by atoms with Crippen LogP contribution in [0.5, 0.6) is 0 Å². The summed E-state index contributed by atoms with van der Waals surface area (Å²) >= 11 is 5.76. The van der Waals surface area contributed by atoms with Gasteiger partial charge in [-0.15, -0.1) is 23.5 Å². The van der Waals surface area contributed by atoms with Gasteiger partial charge in [-0.3, -0.25) is 19.7 Å². The van der Waals surface area contributed by atoms with E-state index in [1.54, 1.807) is 41.7 Å². The highest BCUT2D eigenvalue weighted by Crippen LogP contribution is 2.55. The summed E-state index contributed by atoms with van der Waals surface area (Å²) in [5.74, 6) is -0.646. The minimum atomic E-state index is -0.429. The molecule has 0 bridgehead atoms. The van der Waals surface area contributed by atoms with E-state index in [1.165, 1.54) is 17.8 Å². The van der Waals surface area contributed by atoms with E-state index >= 15 is 9.59 Å². The molecule has 0 radical (unpaired) electrons. The van der Waals surface area contributed by atoms with Crippen LogP contribution in [0.3, 0.4) is 0 Å². The number of ketones is 2. The van der Waals surface area contributed by atoms with Crippen molar-refractivity contribution in [2.75, 3.05) is 0 Å². The highest BCUT2D eigenvalue weighted by atomic mass is 32.2. The molecule has 0 N–H and O–H groups in total. The number of carbonyl (C=O) groups excluding carboxylic acids is 2. The molecule has 2 aliphatic heterocycles. The summed E-state index contributed by atoms with van der Waals surface area (Å²) in [5.41, 5.74) is 4.52. The second-order valence-electron chi connectivity index (χ2n) is 11.9. The molecule has 0 spiro atoms. The van der Waals surface area contributed by atoms with Gasteiger partial charge in [-0.25, -0.2) is 9.98 Å². The SMILES string of the molecule is Cc1ccccc1Sc1cc2c(c3c1C(=O)c1c4c(cc(Sc5ccccc5[N+](=O)[O-])c1C3=O)SC1C=CC=CC1=N4)N=C1C=CC=CC1S2. The highest BCUT2D eigenvalue weighted by Gasteiger charge is 2.42. The zero-order valence-electron chi connectivity index (χ0n) is 26.2. The summed E-state index contributed by atoms with van der Waals surface area (Å²) in [4.78, 5) is 56.3. The first-order valence-electron chi connectivity index (χ1n) is 15.7. The number of nitro benzene ring substituents is 1. The fourth-order valence-electron chi connectivity index (χ4n) is 6.51. The average molecular weight is 726 g/mol. The first-order valence-corrected chi connectivity index (χ1v) is 19.1. The maximum absolute atomic E-state index is 15.3. The normalized spacial score (nSPS) is 19.1. The van der Waals surface area contributed by atoms with Crippen LogP contribution < -0.4 is 0 Å². The molecule has 5 aliphatic rings. The van der Waals surface area contributed by atoms with Crippen molar-refractivity contribution in [3.05, 3.63) is 147 Å². The Hall–Kier alpha value is -4.68. The molecule has 2 atom stereocenters. The van der Waals surface area contributed by atoms with Gasteiger partial charge in [0.2, 0.25) is 0 Å². The number of thioether (sulfide) groups is 2. The van der Waals surface area contributed by atoms with E-state index in [0.717, 1.165) is 43.4 Å². The molecule has 2 heterocycles. The molecule has 0 saturated carbocycles. The average Bonchev–Trinajstić information content (AvgIpc) is 3.12. The third kappa shape index (κ3) is 5.10. The minimum Gasteiger partial charge on any atom is -0.288 e. The molecule has 242 valence electrons. The summed E-state index contributed by atoms with van der Waals surface area (Å²) in [6, 6.07) is 18.3. The van der Waals surface area contributed by atoms with Crippen molar-refractivity contribution >= 4 is 87.1 Å². The second kappa shape index (κ2) is 12.3. The predicted molar refractivity (Wildman–Crippen MR) is 202 cm³/mol. The van der Waals surface area contributed by atoms with E-state index < -0.39 is 4.92 Å². The maximum Gasteiger partial charge on any atom is 0.283 e. The van der Waals surface area contributed by atoms with Gasteiger partial charge in [0.1, 0.15) is 0 Å². The Labute approximate surface area is 304 Å². The zero-order chi connectivity index (χ0) is 34.1. The molecular weight excluding hydrogens is 703 g/mol. The van der Waals surface area contributed by atoms with Crippen LogP contribution in [0.25, 0.3) is 0 Å². The van der Waals surface area contributed by atoms with Gasteiger partial charge in [0.15, 0.2) is 11.6 Å². The van der Waals surface area contributed by atoms with Gasteiger partial charge in [-0.1, -0.05) is 90.3 Å². The number of allylic oxidation sites excluding steroid dienone is 6. The number of aryl methyl sites for hydroxylation is 1. The van der Waals surface area contributed by atoms with E-state index in [1.807, 2.05) is 85.9 Å². The largest absolute Gasteiger partial charge is 0.288 e. The van der Waals surface area contributed by atoms with Crippen LogP contribution in [0.4, 0.5) is 17.1 Å². The Bertz CT molecular complexity index is 2440. The molecule has 0 fully saturated rings. The molecule has 50 heavy (non-hydrogen) atoms. The molecule has 4 aromatic carbocycles. The van der Waals surface area contributed by atoms with E-state index in [9.17, 15) is 10.1 Å². The molecule has 0 amide bonds. The van der Waals surface area contributed by atoms with Crippen molar-refractivity contribution < 1.29 is 14.5 Å². The Balaban J connectivity index is 1.32. The predicted octanol–water partition coefficient (Wildman–Crippen LogP) is 10.3. The van der Waals surface area contributed by atoms with E-state index in [0.29, 0.717) is 31.6 Å². The van der Waals surface area contributed by atoms with Crippen molar-refractivity contribution in [1.82, 2.24) is 0 Å². The molecule has 0 saturated heterocycles. The van der Waals surface area contributed by atoms with Crippen molar-refractivity contribution in [3.8, 4) is 0 Å². The van der Waals surface area contributed by atoms with Gasteiger partial charge in [-0.2, -0.15) is 0 Å². The summed E-state index contributed by atoms with van der Waals surface area (Å²) in [7, 11) is 0. The monoisotopic (exact) mass is 725 g/mol. The Morgan fingerprint density at radius 2 is 1.16 bits per heavy atom.